The van der Waals surface area contributed by atoms with Crippen molar-refractivity contribution in [1.82, 2.24) is 0 Å². The highest BCUT2D eigenvalue weighted by Gasteiger charge is 2.89. The van der Waals surface area contributed by atoms with Gasteiger partial charge in [-0.2, -0.15) is 21.0 Å². The largest absolute Gasteiger partial charge is 0.197 e. The molecule has 28 heavy (non-hydrogen) atoms. The fourth-order valence-corrected chi connectivity index (χ4v) is 7.41. The van der Waals surface area contributed by atoms with Crippen LogP contribution >= 0.6 is 0 Å². The lowest BCUT2D eigenvalue weighted by atomic mass is 9.62. The molecule has 3 atom stereocenters. The molecule has 0 aromatic heterocycles. The number of hydrogen-bond acceptors (Lipinski definition) is 4. The third-order valence-corrected chi connectivity index (χ3v) is 8.43. The predicted molar refractivity (Wildman–Crippen MR) is 104 cm³/mol. The predicted octanol–water partition coefficient (Wildman–Crippen LogP) is 5.55. The molecule has 0 heterocycles. The minimum absolute atomic E-state index is 0.155. The molecule has 0 bridgehead atoms. The molecule has 0 aromatic carbocycles. The molecule has 4 nitrogen and oxygen atoms in total. The molecule has 3 unspecified atom stereocenters. The molecular formula is C24H28N4. The van der Waals surface area contributed by atoms with Crippen molar-refractivity contribution < 1.29 is 0 Å². The second kappa shape index (κ2) is 6.94. The number of nitrogens with zero attached hydrogens (tertiary/aromatic N) is 4. The van der Waals surface area contributed by atoms with E-state index < -0.39 is 16.2 Å². The molecule has 4 aliphatic rings. The van der Waals surface area contributed by atoms with Gasteiger partial charge in [0.15, 0.2) is 10.8 Å². The summed E-state index contributed by atoms with van der Waals surface area (Å²) in [5.41, 5.74) is -2.52. The van der Waals surface area contributed by atoms with E-state index in [1.807, 2.05) is 0 Å². The molecule has 1 spiro atoms. The van der Waals surface area contributed by atoms with Crippen molar-refractivity contribution in [1.29, 1.82) is 21.0 Å². The third kappa shape index (κ3) is 2.08. The molecule has 144 valence electrons. The number of allylic oxidation sites excluding steroid dienone is 2. The van der Waals surface area contributed by atoms with Crippen LogP contribution in [-0.2, 0) is 0 Å². The SMILES string of the molecule is N#CC1(C#N)C2=CCCCCCCC2C(C#N)(C#N)C12C1CCCCCCC12. The Labute approximate surface area is 168 Å². The normalized spacial score (nSPS) is 38.1. The molecular weight excluding hydrogens is 344 g/mol. The average Bonchev–Trinajstić information content (AvgIpc) is 3.22. The molecule has 3 saturated carbocycles. The van der Waals surface area contributed by atoms with Crippen molar-refractivity contribution in [3.63, 3.8) is 0 Å². The second-order valence-corrected chi connectivity index (χ2v) is 9.28. The molecule has 0 saturated heterocycles. The first-order valence-corrected chi connectivity index (χ1v) is 11.1. The Kier molecular flexibility index (Phi) is 4.72. The van der Waals surface area contributed by atoms with E-state index in [1.54, 1.807) is 0 Å². The van der Waals surface area contributed by atoms with E-state index in [9.17, 15) is 21.0 Å². The highest BCUT2D eigenvalue weighted by molar-refractivity contribution is 5.57. The minimum Gasteiger partial charge on any atom is -0.197 e. The summed E-state index contributed by atoms with van der Waals surface area (Å²) in [6, 6.07) is 9.80. The van der Waals surface area contributed by atoms with Crippen molar-refractivity contribution >= 4 is 0 Å². The molecule has 4 heteroatoms. The van der Waals surface area contributed by atoms with Gasteiger partial charge in [0.05, 0.1) is 24.3 Å². The zero-order chi connectivity index (χ0) is 19.8. The van der Waals surface area contributed by atoms with Crippen LogP contribution in [-0.4, -0.2) is 0 Å². The average molecular weight is 373 g/mol. The summed E-state index contributed by atoms with van der Waals surface area (Å²) in [7, 11) is 0. The van der Waals surface area contributed by atoms with Crippen molar-refractivity contribution in [3.8, 4) is 24.3 Å². The summed E-state index contributed by atoms with van der Waals surface area (Å²) < 4.78 is 0. The van der Waals surface area contributed by atoms with E-state index in [1.165, 1.54) is 12.8 Å². The Morgan fingerprint density at radius 1 is 0.679 bits per heavy atom. The first-order chi connectivity index (χ1) is 13.7. The Bertz CT molecular complexity index is 798. The van der Waals surface area contributed by atoms with Crippen LogP contribution in [0, 0.1) is 79.3 Å². The highest BCUT2D eigenvalue weighted by Crippen LogP contribution is 2.86. The van der Waals surface area contributed by atoms with Crippen molar-refractivity contribution in [2.45, 2.75) is 77.0 Å². The van der Waals surface area contributed by atoms with Crippen LogP contribution in [0.5, 0.6) is 0 Å². The van der Waals surface area contributed by atoms with Gasteiger partial charge in [-0.15, -0.1) is 0 Å². The summed E-state index contributed by atoms with van der Waals surface area (Å²) >= 11 is 0. The van der Waals surface area contributed by atoms with Crippen LogP contribution in [0.1, 0.15) is 77.0 Å². The lowest BCUT2D eigenvalue weighted by Gasteiger charge is -2.31. The molecule has 3 fully saturated rings. The zero-order valence-corrected chi connectivity index (χ0v) is 16.6. The summed E-state index contributed by atoms with van der Waals surface area (Å²) in [4.78, 5) is 0. The number of hydrogen-bond donors (Lipinski definition) is 0. The van der Waals surface area contributed by atoms with Gasteiger partial charge in [0.25, 0.3) is 0 Å². The molecule has 0 N–H and O–H groups in total. The van der Waals surface area contributed by atoms with Crippen molar-refractivity contribution in [2.24, 2.45) is 34.0 Å². The van der Waals surface area contributed by atoms with Gasteiger partial charge in [0, 0.05) is 11.3 Å². The molecule has 4 aliphatic carbocycles. The lowest BCUT2D eigenvalue weighted by molar-refractivity contribution is 0.180. The van der Waals surface area contributed by atoms with Gasteiger partial charge in [-0.3, -0.25) is 0 Å². The first kappa shape index (κ1) is 19.0. The quantitative estimate of drug-likeness (QED) is 0.521. The van der Waals surface area contributed by atoms with E-state index in [-0.39, 0.29) is 17.8 Å². The maximum absolute atomic E-state index is 10.5. The van der Waals surface area contributed by atoms with Gasteiger partial charge in [-0.25, -0.2) is 0 Å². The monoisotopic (exact) mass is 372 g/mol. The number of rotatable bonds is 0. The maximum atomic E-state index is 10.5. The van der Waals surface area contributed by atoms with Gasteiger partial charge in [0.1, 0.15) is 0 Å². The van der Waals surface area contributed by atoms with Crippen molar-refractivity contribution in [2.75, 3.05) is 0 Å². The Hall–Kier alpha value is -2.30. The van der Waals surface area contributed by atoms with Crippen molar-refractivity contribution in [3.05, 3.63) is 11.6 Å². The third-order valence-electron chi connectivity index (χ3n) is 8.43. The maximum Gasteiger partial charge on any atom is 0.173 e. The van der Waals surface area contributed by atoms with E-state index in [4.69, 9.17) is 0 Å². The molecule has 0 aromatic rings. The lowest BCUT2D eigenvalue weighted by Crippen LogP contribution is -2.39. The molecule has 0 aliphatic heterocycles. The Balaban J connectivity index is 1.97. The summed E-state index contributed by atoms with van der Waals surface area (Å²) in [5, 5.41) is 41.8. The molecule has 4 rings (SSSR count). The summed E-state index contributed by atoms with van der Waals surface area (Å²) in [6.45, 7) is 0. The van der Waals surface area contributed by atoms with Crippen LogP contribution in [0.25, 0.3) is 0 Å². The van der Waals surface area contributed by atoms with Gasteiger partial charge in [-0.05, 0) is 49.5 Å². The Morgan fingerprint density at radius 2 is 1.21 bits per heavy atom. The van der Waals surface area contributed by atoms with Crippen LogP contribution in [0.3, 0.4) is 0 Å². The summed E-state index contributed by atoms with van der Waals surface area (Å²) in [5.74, 6) is 0.0404. The number of fused-ring (bicyclic) bond motifs is 4. The topological polar surface area (TPSA) is 95.2 Å². The van der Waals surface area contributed by atoms with E-state index in [2.05, 4.69) is 30.4 Å². The minimum atomic E-state index is -1.31. The van der Waals surface area contributed by atoms with Crippen LogP contribution in [0.4, 0.5) is 0 Å². The van der Waals surface area contributed by atoms with Crippen LogP contribution in [0.2, 0.25) is 0 Å². The fraction of sp³-hybridized carbons (Fsp3) is 0.750. The van der Waals surface area contributed by atoms with Gasteiger partial charge >= 0.3 is 0 Å². The molecule has 0 radical (unpaired) electrons. The molecule has 0 amide bonds. The van der Waals surface area contributed by atoms with Gasteiger partial charge in [-0.1, -0.05) is 51.0 Å². The first-order valence-electron chi connectivity index (χ1n) is 11.1. The fourth-order valence-electron chi connectivity index (χ4n) is 7.41. The van der Waals surface area contributed by atoms with E-state index in [0.717, 1.165) is 69.8 Å². The standard InChI is InChI=1S/C24H28N4/c25-14-22(15-26)18-10-6-2-1-3-7-11-19(18)23(16-27,17-28)24(22)20-12-8-4-5-9-13-21(20)24/h10,19-21H,1-9,11-13H2. The number of nitriles is 4. The van der Waals surface area contributed by atoms with E-state index >= 15 is 0 Å². The second-order valence-electron chi connectivity index (χ2n) is 9.28. The van der Waals surface area contributed by atoms with Gasteiger partial charge < -0.3 is 0 Å². The Morgan fingerprint density at radius 3 is 1.75 bits per heavy atom. The van der Waals surface area contributed by atoms with Gasteiger partial charge in [0.2, 0.25) is 0 Å². The van der Waals surface area contributed by atoms with Crippen LogP contribution < -0.4 is 0 Å². The van der Waals surface area contributed by atoms with Crippen LogP contribution in [0.15, 0.2) is 11.6 Å². The smallest absolute Gasteiger partial charge is 0.173 e. The zero-order valence-electron chi connectivity index (χ0n) is 16.6. The highest BCUT2D eigenvalue weighted by atomic mass is 14.9. The summed E-state index contributed by atoms with van der Waals surface area (Å²) in [6.07, 6.45) is 14.3. The van der Waals surface area contributed by atoms with E-state index in [0.29, 0.717) is 0 Å².